The van der Waals surface area contributed by atoms with E-state index in [1.165, 1.54) is 5.56 Å². The number of allylic oxidation sites excluding steroid dienone is 1. The predicted octanol–water partition coefficient (Wildman–Crippen LogP) is 1.31. The highest BCUT2D eigenvalue weighted by molar-refractivity contribution is 7.78. The molecule has 0 aliphatic rings. The lowest BCUT2D eigenvalue weighted by atomic mass is 10.1. The number of nitrogens with one attached hydrogen (secondary N) is 4. The third-order valence-electron chi connectivity index (χ3n) is 6.17. The third-order valence-corrected chi connectivity index (χ3v) is 6.49. The number of primary amides is 1. The van der Waals surface area contributed by atoms with Crippen LogP contribution in [0.3, 0.4) is 0 Å². The first-order valence-corrected chi connectivity index (χ1v) is 17.8. The largest absolute Gasteiger partial charge is 0.382 e. The smallest absolute Gasteiger partial charge is 0.243 e. The summed E-state index contributed by atoms with van der Waals surface area (Å²) < 4.78 is 0. The number of nitrogens with zero attached hydrogens (tertiary/aromatic N) is 3. The average Bonchev–Trinajstić information content (AvgIpc) is 3.11. The number of hydrogen-bond acceptors (Lipinski definition) is 9. The normalized spacial score (nSPS) is 10.8. The second-order valence-electron chi connectivity index (χ2n) is 10.7. The fraction of sp³-hybridized carbons (Fsp3) is 0.600. The highest BCUT2D eigenvalue weighted by Crippen LogP contribution is 2.02. The Morgan fingerprint density at radius 2 is 1.39 bits per heavy atom. The van der Waals surface area contributed by atoms with Gasteiger partial charge in [-0.3, -0.25) is 24.2 Å². The van der Waals surface area contributed by atoms with Crippen LogP contribution in [0.15, 0.2) is 47.2 Å². The summed E-state index contributed by atoms with van der Waals surface area (Å²) in [7, 11) is 7.53. The van der Waals surface area contributed by atoms with E-state index in [-0.39, 0.29) is 25.0 Å². The Bertz CT molecular complexity index is 1120. The zero-order valence-electron chi connectivity index (χ0n) is 32.8. The first kappa shape index (κ1) is 53.5. The summed E-state index contributed by atoms with van der Waals surface area (Å²) in [4.78, 5) is 55.2. The van der Waals surface area contributed by atoms with Crippen molar-refractivity contribution in [2.45, 2.75) is 85.7 Å². The van der Waals surface area contributed by atoms with Crippen LogP contribution in [0.25, 0.3) is 0 Å². The van der Waals surface area contributed by atoms with Crippen LogP contribution in [0.2, 0.25) is 0 Å². The summed E-state index contributed by atoms with van der Waals surface area (Å²) in [5, 5.41) is 10.3. The Kier molecular flexibility index (Phi) is 38.8. The Balaban J connectivity index is -0.000000423. The van der Waals surface area contributed by atoms with Gasteiger partial charge in [0, 0.05) is 39.6 Å². The molecule has 1 aromatic carbocycles. The molecule has 2 unspecified atom stereocenters. The lowest BCUT2D eigenvalue weighted by molar-refractivity contribution is -0.131. The van der Waals surface area contributed by atoms with Gasteiger partial charge in [0.15, 0.2) is 5.96 Å². The fourth-order valence-corrected chi connectivity index (χ4v) is 3.75. The highest BCUT2D eigenvalue weighted by atomic mass is 32.1. The number of guanidine groups is 1. The summed E-state index contributed by atoms with van der Waals surface area (Å²) in [6.07, 6.45) is 4.68. The van der Waals surface area contributed by atoms with Crippen LogP contribution in [0, 0.1) is 6.92 Å². The summed E-state index contributed by atoms with van der Waals surface area (Å²) >= 11 is 4.75. The van der Waals surface area contributed by atoms with Crippen LogP contribution in [0.4, 0.5) is 0 Å². The van der Waals surface area contributed by atoms with Crippen molar-refractivity contribution >= 4 is 47.3 Å². The molecule has 4 amide bonds. The van der Waals surface area contributed by atoms with Gasteiger partial charge < -0.3 is 54.0 Å². The molecule has 1 rings (SSSR count). The van der Waals surface area contributed by atoms with Crippen molar-refractivity contribution in [2.24, 2.45) is 27.9 Å². The lowest BCUT2D eigenvalue weighted by Gasteiger charge is -2.19. The molecule has 51 heavy (non-hydrogen) atoms. The second kappa shape index (κ2) is 37.0. The van der Waals surface area contributed by atoms with Gasteiger partial charge in [-0.1, -0.05) is 75.8 Å². The number of aliphatic imine (C=N–C) groups is 1. The molecule has 16 heteroatoms. The van der Waals surface area contributed by atoms with Gasteiger partial charge in [-0.05, 0) is 59.5 Å². The Morgan fingerprint density at radius 3 is 1.82 bits per heavy atom. The van der Waals surface area contributed by atoms with E-state index in [4.69, 9.17) is 35.2 Å². The predicted molar refractivity (Wildman–Crippen MR) is 216 cm³/mol. The quantitative estimate of drug-likeness (QED) is 0.0436. The van der Waals surface area contributed by atoms with Crippen molar-refractivity contribution in [3.8, 4) is 0 Å². The molecule has 0 bridgehead atoms. The van der Waals surface area contributed by atoms with Gasteiger partial charge in [0.1, 0.15) is 6.04 Å². The van der Waals surface area contributed by atoms with Crippen molar-refractivity contribution in [1.29, 1.82) is 0 Å². The van der Waals surface area contributed by atoms with E-state index in [0.717, 1.165) is 5.70 Å². The van der Waals surface area contributed by atoms with E-state index in [1.54, 1.807) is 12.5 Å². The minimum Gasteiger partial charge on any atom is -0.382 e. The molecule has 0 radical (unpaired) electrons. The van der Waals surface area contributed by atoms with E-state index in [0.29, 0.717) is 45.2 Å². The van der Waals surface area contributed by atoms with Gasteiger partial charge in [0.25, 0.3) is 0 Å². The molecule has 0 saturated heterocycles. The number of thiocarbonyl (C=S) groups is 1. The molecule has 0 spiro atoms. The van der Waals surface area contributed by atoms with E-state index in [9.17, 15) is 19.2 Å². The van der Waals surface area contributed by atoms with Crippen molar-refractivity contribution in [1.82, 2.24) is 31.1 Å². The molecular formula is C35H69N11O4S. The maximum absolute atomic E-state index is 12.2. The maximum atomic E-state index is 12.2. The van der Waals surface area contributed by atoms with Crippen LogP contribution in [-0.2, 0) is 19.2 Å². The number of rotatable bonds is 19. The van der Waals surface area contributed by atoms with Crippen LogP contribution >= 0.6 is 12.2 Å². The minimum absolute atomic E-state index is 0.0157. The standard InChI is InChI=1S/C17H35N9O4.C7H14N2S.C7H8.2C2H6/c1-22-11(6-4-8-23-17(20)21)15(29)25-10-14(28)26-12(5-2-3-7-18)16(30)24-9-13(19)27;1-7(5-8(2)3)9(4)6-10;1-7-5-3-2-4-6-7;2*1-2/h11-12,22H,2-10,18H2,1H3,(H2,19,27)(H,24,30)(H,25,29)(H,26,28)(H4,20,21,23);5-6H,1-4H3;2-6H,1H3;2*1-2H3/b;7-5-;;;. The summed E-state index contributed by atoms with van der Waals surface area (Å²) in [5.41, 5.74) is 25.0. The average molecular weight is 740 g/mol. The summed E-state index contributed by atoms with van der Waals surface area (Å²) in [6, 6.07) is 8.88. The van der Waals surface area contributed by atoms with E-state index in [2.05, 4.69) is 45.3 Å². The van der Waals surface area contributed by atoms with Crippen LogP contribution in [0.5, 0.6) is 0 Å². The number of hydrogen-bond donors (Lipinski definition) is 8. The molecule has 1 aromatic rings. The Labute approximate surface area is 312 Å². The lowest BCUT2D eigenvalue weighted by Crippen LogP contribution is -2.52. The molecule has 0 aromatic heterocycles. The van der Waals surface area contributed by atoms with Crippen LogP contribution in [-0.4, -0.2) is 111 Å². The van der Waals surface area contributed by atoms with Gasteiger partial charge in [0.05, 0.1) is 24.6 Å². The fourth-order valence-electron chi connectivity index (χ4n) is 3.59. The van der Waals surface area contributed by atoms with Crippen molar-refractivity contribution < 1.29 is 19.2 Å². The van der Waals surface area contributed by atoms with E-state index < -0.39 is 29.8 Å². The third kappa shape index (κ3) is 35.4. The molecule has 2 atom stereocenters. The number of benzene rings is 1. The molecular weight excluding hydrogens is 671 g/mol. The maximum Gasteiger partial charge on any atom is 0.243 e. The van der Waals surface area contributed by atoms with Crippen molar-refractivity contribution in [3.63, 3.8) is 0 Å². The topological polar surface area (TPSA) is 239 Å². The van der Waals surface area contributed by atoms with Gasteiger partial charge in [-0.25, -0.2) is 0 Å². The van der Waals surface area contributed by atoms with Crippen LogP contribution in [0.1, 0.15) is 72.3 Å². The van der Waals surface area contributed by atoms with Gasteiger partial charge in [0.2, 0.25) is 23.6 Å². The zero-order chi connectivity index (χ0) is 40.2. The number of carbonyl (C=O) groups excluding carboxylic acids is 4. The molecule has 15 nitrogen and oxygen atoms in total. The molecule has 0 aliphatic carbocycles. The molecule has 294 valence electrons. The van der Waals surface area contributed by atoms with Crippen LogP contribution < -0.4 is 44.2 Å². The molecule has 0 heterocycles. The highest BCUT2D eigenvalue weighted by Gasteiger charge is 2.22. The number of aryl methyl sites for hydroxylation is 1. The number of nitrogens with two attached hydrogens (primary N) is 4. The first-order chi connectivity index (χ1) is 24.2. The van der Waals surface area contributed by atoms with E-state index >= 15 is 0 Å². The van der Waals surface area contributed by atoms with Crippen molar-refractivity contribution in [3.05, 3.63) is 47.8 Å². The summed E-state index contributed by atoms with van der Waals surface area (Å²) in [5.74, 6) is -2.14. The van der Waals surface area contributed by atoms with Gasteiger partial charge >= 0.3 is 0 Å². The number of carbonyl (C=O) groups is 4. The summed E-state index contributed by atoms with van der Waals surface area (Å²) in [6.45, 7) is 12.3. The molecule has 0 aliphatic heterocycles. The SMILES string of the molecule is C/C(=C/N(C)C)N(C)C=S.CC.CC.CNC(CCCN=C(N)N)C(=O)NCC(=O)NC(CCCCN)C(=O)NCC(N)=O.Cc1ccccc1. The second-order valence-corrected chi connectivity index (χ2v) is 10.9. The Hall–Kier alpha value is -4.28. The zero-order valence-corrected chi connectivity index (χ0v) is 33.6. The van der Waals surface area contributed by atoms with Gasteiger partial charge in [-0.15, -0.1) is 0 Å². The molecule has 0 saturated carbocycles. The number of unbranched alkanes of at least 4 members (excludes halogenated alkanes) is 1. The monoisotopic (exact) mass is 740 g/mol. The number of amides is 4. The molecule has 12 N–H and O–H groups in total. The number of likely N-dealkylation sites (N-methyl/N-ethyl adjacent to an activating group) is 1. The minimum atomic E-state index is -0.861. The first-order valence-electron chi connectivity index (χ1n) is 17.3. The molecule has 0 fully saturated rings. The van der Waals surface area contributed by atoms with Crippen molar-refractivity contribution in [2.75, 3.05) is 54.4 Å². The van der Waals surface area contributed by atoms with Gasteiger partial charge in [-0.2, -0.15) is 0 Å². The van der Waals surface area contributed by atoms with E-state index in [1.807, 2.05) is 90.0 Å². The Morgan fingerprint density at radius 1 is 0.863 bits per heavy atom.